The number of ether oxygens (including phenoxy) is 1. The predicted octanol–water partition coefficient (Wildman–Crippen LogP) is 1.99. The predicted molar refractivity (Wildman–Crippen MR) is 104 cm³/mol. The minimum Gasteiger partial charge on any atom is -0.387 e. The molecule has 2 aromatic heterocycles. The minimum absolute atomic E-state index is 0.0301. The number of nitrogen functional groups attached to an aromatic ring is 1. The van der Waals surface area contributed by atoms with Gasteiger partial charge in [0.25, 0.3) is 0 Å². The van der Waals surface area contributed by atoms with Crippen LogP contribution < -0.4 is 5.73 Å². The summed E-state index contributed by atoms with van der Waals surface area (Å²) in [5.74, 6) is -0.776. The number of hydrogen-bond acceptors (Lipinski definition) is 7. The number of hydrogen-bond donors (Lipinski definition) is 4. The molecule has 3 aromatic rings. The van der Waals surface area contributed by atoms with Gasteiger partial charge in [0.05, 0.1) is 15.4 Å². The molecule has 0 spiro atoms. The third-order valence-electron chi connectivity index (χ3n) is 5.16. The second-order valence-corrected chi connectivity index (χ2v) is 7.86. The van der Waals surface area contributed by atoms with Gasteiger partial charge in [0.2, 0.25) is 0 Å². The summed E-state index contributed by atoms with van der Waals surface area (Å²) >= 11 is 12.0. The summed E-state index contributed by atoms with van der Waals surface area (Å²) in [5.41, 5.74) is 4.36. The molecule has 0 bridgehead atoms. The van der Waals surface area contributed by atoms with Gasteiger partial charge in [-0.25, -0.2) is 14.4 Å². The molecule has 11 heteroatoms. The van der Waals surface area contributed by atoms with E-state index in [2.05, 4.69) is 9.97 Å². The van der Waals surface area contributed by atoms with E-state index < -0.39 is 36.0 Å². The summed E-state index contributed by atoms with van der Waals surface area (Å²) in [6.45, 7) is 1.41. The van der Waals surface area contributed by atoms with Gasteiger partial charge in [0.1, 0.15) is 36.1 Å². The summed E-state index contributed by atoms with van der Waals surface area (Å²) in [6.07, 6.45) is -3.28. The van der Waals surface area contributed by atoms with Gasteiger partial charge in [-0.3, -0.25) is 0 Å². The average Bonchev–Trinajstić information content (AvgIpc) is 3.16. The van der Waals surface area contributed by atoms with E-state index in [1.165, 1.54) is 29.7 Å². The molecule has 1 aliphatic rings. The molecule has 4 rings (SSSR count). The molecule has 0 radical (unpaired) electrons. The van der Waals surface area contributed by atoms with Gasteiger partial charge < -0.3 is 30.4 Å². The van der Waals surface area contributed by atoms with Gasteiger partial charge in [0.15, 0.2) is 17.7 Å². The fourth-order valence-electron chi connectivity index (χ4n) is 3.59. The largest absolute Gasteiger partial charge is 0.387 e. The molecule has 154 valence electrons. The zero-order chi connectivity index (χ0) is 21.1. The van der Waals surface area contributed by atoms with Crippen LogP contribution in [0.15, 0.2) is 30.7 Å². The maximum Gasteiger partial charge on any atom is 0.164 e. The van der Waals surface area contributed by atoms with E-state index in [-0.39, 0.29) is 21.9 Å². The lowest BCUT2D eigenvalue weighted by Gasteiger charge is -2.32. The summed E-state index contributed by atoms with van der Waals surface area (Å²) in [4.78, 5) is 7.75. The second-order valence-electron chi connectivity index (χ2n) is 7.05. The van der Waals surface area contributed by atoms with Crippen molar-refractivity contribution in [2.75, 3.05) is 5.73 Å². The van der Waals surface area contributed by atoms with Crippen molar-refractivity contribution in [3.63, 3.8) is 0 Å². The van der Waals surface area contributed by atoms with E-state index in [0.717, 1.165) is 12.5 Å². The number of aromatic nitrogens is 3. The van der Waals surface area contributed by atoms with E-state index in [0.29, 0.717) is 10.6 Å². The molecule has 0 aliphatic carbocycles. The first-order valence-electron chi connectivity index (χ1n) is 8.59. The fourth-order valence-corrected chi connectivity index (χ4v) is 3.88. The maximum absolute atomic E-state index is 14.4. The molecule has 1 aromatic carbocycles. The molecule has 5 N–H and O–H groups in total. The Hall–Kier alpha value is -2.01. The van der Waals surface area contributed by atoms with E-state index in [4.69, 9.17) is 33.7 Å². The molecule has 1 saturated heterocycles. The van der Waals surface area contributed by atoms with Gasteiger partial charge in [-0.2, -0.15) is 0 Å². The number of aliphatic hydroxyl groups is 3. The monoisotopic (exact) mass is 442 g/mol. The lowest BCUT2D eigenvalue weighted by atomic mass is 9.87. The van der Waals surface area contributed by atoms with Gasteiger partial charge in [-0.05, 0) is 24.6 Å². The molecule has 0 amide bonds. The second kappa shape index (κ2) is 7.05. The summed E-state index contributed by atoms with van der Waals surface area (Å²) < 4.78 is 21.4. The lowest BCUT2D eigenvalue weighted by Crippen LogP contribution is -2.45. The zero-order valence-electron chi connectivity index (χ0n) is 15.0. The number of anilines is 1. The molecule has 8 nitrogen and oxygen atoms in total. The van der Waals surface area contributed by atoms with Crippen molar-refractivity contribution in [1.82, 2.24) is 14.5 Å². The molecule has 1 aliphatic heterocycles. The Labute approximate surface area is 174 Å². The Balaban J connectivity index is 1.73. The molecule has 29 heavy (non-hydrogen) atoms. The van der Waals surface area contributed by atoms with E-state index in [9.17, 15) is 19.7 Å². The van der Waals surface area contributed by atoms with Crippen LogP contribution in [-0.2, 0) is 10.3 Å². The summed E-state index contributed by atoms with van der Waals surface area (Å²) in [7, 11) is 0. The Morgan fingerprint density at radius 1 is 1.21 bits per heavy atom. The van der Waals surface area contributed by atoms with Crippen molar-refractivity contribution in [3.8, 4) is 0 Å². The standard InChI is InChI=1S/C18H17Cl2FN4O4/c1-18(28,7-2-3-8(19)9(20)4-7)14-12(26)13(27)17(29-14)25-5-10(21)11-15(22)23-6-24-16(11)25/h2-6,12-14,17,26-28H,1H3,(H2,22,23,24)/t12-,13+,14-,17+,18?/m0/s1. The smallest absolute Gasteiger partial charge is 0.164 e. The first kappa shape index (κ1) is 20.3. The van der Waals surface area contributed by atoms with E-state index in [1.54, 1.807) is 0 Å². The van der Waals surface area contributed by atoms with Gasteiger partial charge in [0, 0.05) is 6.20 Å². The van der Waals surface area contributed by atoms with Gasteiger partial charge in [-0.15, -0.1) is 0 Å². The van der Waals surface area contributed by atoms with Crippen LogP contribution in [0, 0.1) is 5.82 Å². The number of halogens is 3. The van der Waals surface area contributed by atoms with Crippen LogP contribution in [0.25, 0.3) is 11.0 Å². The highest BCUT2D eigenvalue weighted by atomic mass is 35.5. The lowest BCUT2D eigenvalue weighted by molar-refractivity contribution is -0.135. The quantitative estimate of drug-likeness (QED) is 0.488. The van der Waals surface area contributed by atoms with Crippen LogP contribution in [-0.4, -0.2) is 48.2 Å². The molecular weight excluding hydrogens is 426 g/mol. The SMILES string of the molecule is CC(O)(c1ccc(Cl)c(Cl)c1)[C@H]1O[C@@H](n2cc(F)c3c(N)ncnc32)[C@H](O)[C@@H]1O. The zero-order valence-corrected chi connectivity index (χ0v) is 16.5. The highest BCUT2D eigenvalue weighted by molar-refractivity contribution is 6.42. The Bertz CT molecular complexity index is 1090. The summed E-state index contributed by atoms with van der Waals surface area (Å²) in [5, 5.41) is 32.7. The first-order chi connectivity index (χ1) is 13.6. The van der Waals surface area contributed by atoms with Crippen molar-refractivity contribution in [1.29, 1.82) is 0 Å². The van der Waals surface area contributed by atoms with Crippen molar-refractivity contribution < 1.29 is 24.4 Å². The van der Waals surface area contributed by atoms with Crippen molar-refractivity contribution in [2.45, 2.75) is 37.1 Å². The van der Waals surface area contributed by atoms with Crippen molar-refractivity contribution >= 4 is 40.1 Å². The van der Waals surface area contributed by atoms with Crippen LogP contribution in [0.5, 0.6) is 0 Å². The number of nitrogens with two attached hydrogens (primary N) is 1. The molecule has 3 heterocycles. The Morgan fingerprint density at radius 2 is 1.93 bits per heavy atom. The first-order valence-corrected chi connectivity index (χ1v) is 9.34. The van der Waals surface area contributed by atoms with Crippen molar-refractivity contribution in [3.05, 3.63) is 52.1 Å². The van der Waals surface area contributed by atoms with Crippen LogP contribution >= 0.6 is 23.2 Å². The molecule has 0 saturated carbocycles. The van der Waals surface area contributed by atoms with Crippen molar-refractivity contribution in [2.24, 2.45) is 0 Å². The number of nitrogens with zero attached hydrogens (tertiary/aromatic N) is 3. The molecule has 1 unspecified atom stereocenters. The molecule has 1 fully saturated rings. The molecular formula is C18H17Cl2FN4O4. The van der Waals surface area contributed by atoms with Crippen LogP contribution in [0.2, 0.25) is 10.0 Å². The van der Waals surface area contributed by atoms with Crippen LogP contribution in [0.1, 0.15) is 18.7 Å². The highest BCUT2D eigenvalue weighted by Crippen LogP contribution is 2.42. The van der Waals surface area contributed by atoms with Gasteiger partial charge >= 0.3 is 0 Å². The van der Waals surface area contributed by atoms with E-state index in [1.807, 2.05) is 0 Å². The summed E-state index contributed by atoms with van der Waals surface area (Å²) in [6, 6.07) is 4.47. The number of rotatable bonds is 3. The Morgan fingerprint density at radius 3 is 2.62 bits per heavy atom. The number of benzene rings is 1. The third kappa shape index (κ3) is 3.14. The van der Waals surface area contributed by atoms with Gasteiger partial charge in [-0.1, -0.05) is 29.3 Å². The normalized spacial score (nSPS) is 26.7. The Kier molecular flexibility index (Phi) is 4.93. The third-order valence-corrected chi connectivity index (χ3v) is 5.90. The molecule has 5 atom stereocenters. The van der Waals surface area contributed by atoms with Crippen LogP contribution in [0.3, 0.4) is 0 Å². The average molecular weight is 443 g/mol. The minimum atomic E-state index is -1.75. The topological polar surface area (TPSA) is 127 Å². The number of aliphatic hydroxyl groups excluding tert-OH is 2. The fraction of sp³-hybridized carbons (Fsp3) is 0.333. The highest BCUT2D eigenvalue weighted by Gasteiger charge is 2.52. The maximum atomic E-state index is 14.4. The van der Waals surface area contributed by atoms with E-state index >= 15 is 0 Å². The number of fused-ring (bicyclic) bond motifs is 1. The van der Waals surface area contributed by atoms with Crippen LogP contribution in [0.4, 0.5) is 10.2 Å².